The van der Waals surface area contributed by atoms with E-state index in [9.17, 15) is 14.9 Å². The lowest BCUT2D eigenvalue weighted by Gasteiger charge is -2.30. The largest absolute Gasteiger partial charge is 0.288 e. The fourth-order valence-corrected chi connectivity index (χ4v) is 6.19. The van der Waals surface area contributed by atoms with Crippen LogP contribution in [-0.4, -0.2) is 9.49 Å². The SMILES string of the molecule is O=c1c(=Cc2ccc(Cl)c([N+](=O)[O-])c2)sc2n1C(c1ccc(Cl)cc1)C1=C(N=2)c2ccccc2CC1. The summed E-state index contributed by atoms with van der Waals surface area (Å²) in [5.41, 5.74) is 5.41. The Hall–Kier alpha value is -3.52. The molecule has 3 aromatic carbocycles. The minimum absolute atomic E-state index is 0.0488. The molecule has 0 amide bonds. The molecule has 178 valence electrons. The minimum Gasteiger partial charge on any atom is -0.272 e. The second kappa shape index (κ2) is 8.85. The van der Waals surface area contributed by atoms with Gasteiger partial charge >= 0.3 is 0 Å². The molecule has 0 N–H and O–H groups in total. The summed E-state index contributed by atoms with van der Waals surface area (Å²) in [6.45, 7) is 0. The van der Waals surface area contributed by atoms with Gasteiger partial charge in [0.2, 0.25) is 0 Å². The number of thiazole rings is 1. The highest BCUT2D eigenvalue weighted by Gasteiger charge is 2.32. The number of aryl methyl sites for hydroxylation is 1. The van der Waals surface area contributed by atoms with Crippen LogP contribution in [0.4, 0.5) is 5.69 Å². The smallest absolute Gasteiger partial charge is 0.272 e. The molecule has 9 heteroatoms. The number of hydrogen-bond acceptors (Lipinski definition) is 5. The fourth-order valence-electron chi connectivity index (χ4n) is 4.88. The minimum atomic E-state index is -0.534. The van der Waals surface area contributed by atoms with Crippen molar-refractivity contribution < 1.29 is 4.92 Å². The summed E-state index contributed by atoms with van der Waals surface area (Å²) >= 11 is 13.4. The molecule has 6 rings (SSSR count). The summed E-state index contributed by atoms with van der Waals surface area (Å²) < 4.78 is 2.18. The van der Waals surface area contributed by atoms with Crippen LogP contribution in [0.15, 0.2) is 82.1 Å². The highest BCUT2D eigenvalue weighted by molar-refractivity contribution is 7.07. The highest BCUT2D eigenvalue weighted by atomic mass is 35.5. The normalized spacial score (nSPS) is 16.7. The van der Waals surface area contributed by atoms with Gasteiger partial charge in [0, 0.05) is 16.7 Å². The lowest BCUT2D eigenvalue weighted by molar-refractivity contribution is -0.384. The van der Waals surface area contributed by atoms with Crippen LogP contribution in [0.3, 0.4) is 0 Å². The second-order valence-electron chi connectivity index (χ2n) is 8.63. The highest BCUT2D eigenvalue weighted by Crippen LogP contribution is 2.41. The average Bonchev–Trinajstić information content (AvgIpc) is 3.18. The zero-order chi connectivity index (χ0) is 25.0. The second-order valence-corrected chi connectivity index (χ2v) is 10.5. The molecular weight excluding hydrogens is 517 g/mol. The van der Waals surface area contributed by atoms with E-state index >= 15 is 0 Å². The third-order valence-corrected chi connectivity index (χ3v) is 8.08. The molecule has 0 radical (unpaired) electrons. The van der Waals surface area contributed by atoms with Crippen molar-refractivity contribution in [1.29, 1.82) is 0 Å². The predicted octanol–water partition coefficient (Wildman–Crippen LogP) is 5.53. The fraction of sp³-hybridized carbons (Fsp3) is 0.111. The summed E-state index contributed by atoms with van der Waals surface area (Å²) in [5.74, 6) is 0. The van der Waals surface area contributed by atoms with Crippen LogP contribution in [0.5, 0.6) is 0 Å². The number of aromatic nitrogens is 1. The van der Waals surface area contributed by atoms with Gasteiger partial charge in [0.05, 0.1) is 21.2 Å². The number of nitro benzene ring substituents is 1. The van der Waals surface area contributed by atoms with Crippen LogP contribution in [0.1, 0.15) is 34.7 Å². The van der Waals surface area contributed by atoms with Gasteiger partial charge in [-0.25, -0.2) is 4.99 Å². The number of hydrogen-bond donors (Lipinski definition) is 0. The van der Waals surface area contributed by atoms with Crippen molar-refractivity contribution in [2.75, 3.05) is 0 Å². The Morgan fingerprint density at radius 1 is 1.06 bits per heavy atom. The van der Waals surface area contributed by atoms with Crippen molar-refractivity contribution in [3.63, 3.8) is 0 Å². The first-order chi connectivity index (χ1) is 17.4. The summed E-state index contributed by atoms with van der Waals surface area (Å²) in [5, 5.41) is 12.0. The molecule has 1 atom stereocenters. The van der Waals surface area contributed by atoms with E-state index in [1.54, 1.807) is 16.7 Å². The number of nitrogens with zero attached hydrogens (tertiary/aromatic N) is 3. The molecule has 4 aromatic rings. The average molecular weight is 534 g/mol. The molecule has 1 aromatic heterocycles. The lowest BCUT2D eigenvalue weighted by atomic mass is 9.83. The van der Waals surface area contributed by atoms with Crippen molar-refractivity contribution in [3.05, 3.63) is 134 Å². The Morgan fingerprint density at radius 3 is 2.61 bits per heavy atom. The van der Waals surface area contributed by atoms with E-state index in [1.807, 2.05) is 36.4 Å². The number of benzene rings is 3. The first kappa shape index (κ1) is 22.9. The van der Waals surface area contributed by atoms with E-state index < -0.39 is 4.92 Å². The van der Waals surface area contributed by atoms with Crippen LogP contribution in [0.25, 0.3) is 11.8 Å². The molecule has 0 saturated heterocycles. The van der Waals surface area contributed by atoms with Crippen LogP contribution in [0.2, 0.25) is 10.0 Å². The van der Waals surface area contributed by atoms with Crippen molar-refractivity contribution in [2.24, 2.45) is 4.99 Å². The maximum absolute atomic E-state index is 13.7. The van der Waals surface area contributed by atoms with Crippen LogP contribution >= 0.6 is 34.5 Å². The third kappa shape index (κ3) is 3.80. The van der Waals surface area contributed by atoms with Crippen molar-refractivity contribution in [2.45, 2.75) is 18.9 Å². The number of nitro groups is 1. The molecule has 0 bridgehead atoms. The molecule has 2 heterocycles. The van der Waals surface area contributed by atoms with E-state index in [0.717, 1.165) is 35.2 Å². The van der Waals surface area contributed by atoms with Crippen LogP contribution in [0, 0.1) is 10.1 Å². The number of fused-ring (bicyclic) bond motifs is 3. The topological polar surface area (TPSA) is 77.5 Å². The Kier molecular flexibility index (Phi) is 5.63. The van der Waals surface area contributed by atoms with Gasteiger partial charge < -0.3 is 0 Å². The zero-order valence-corrected chi connectivity index (χ0v) is 21.0. The van der Waals surface area contributed by atoms with Gasteiger partial charge in [0.25, 0.3) is 11.2 Å². The maximum atomic E-state index is 13.7. The molecule has 1 aliphatic heterocycles. The van der Waals surface area contributed by atoms with E-state index in [2.05, 4.69) is 12.1 Å². The molecule has 0 fully saturated rings. The van der Waals surface area contributed by atoms with E-state index in [-0.39, 0.29) is 22.3 Å². The van der Waals surface area contributed by atoms with Gasteiger partial charge in [0.1, 0.15) is 5.02 Å². The zero-order valence-electron chi connectivity index (χ0n) is 18.7. The molecule has 2 aliphatic rings. The van der Waals surface area contributed by atoms with E-state index in [1.165, 1.54) is 29.0 Å². The predicted molar refractivity (Wildman–Crippen MR) is 142 cm³/mol. The Bertz CT molecular complexity index is 1770. The van der Waals surface area contributed by atoms with E-state index in [0.29, 0.717) is 19.9 Å². The molecule has 0 spiro atoms. The summed E-state index contributed by atoms with van der Waals surface area (Å²) in [6, 6.07) is 20.0. The summed E-state index contributed by atoms with van der Waals surface area (Å²) in [4.78, 5) is 30.1. The molecule has 6 nitrogen and oxygen atoms in total. The first-order valence-corrected chi connectivity index (χ1v) is 12.8. The number of halogens is 2. The van der Waals surface area contributed by atoms with Crippen LogP contribution < -0.4 is 14.9 Å². The van der Waals surface area contributed by atoms with Crippen molar-refractivity contribution >= 4 is 52.0 Å². The van der Waals surface area contributed by atoms with E-state index in [4.69, 9.17) is 28.2 Å². The monoisotopic (exact) mass is 533 g/mol. The summed E-state index contributed by atoms with van der Waals surface area (Å²) in [7, 11) is 0. The van der Waals surface area contributed by atoms with Gasteiger partial charge in [-0.05, 0) is 59.4 Å². The standard InChI is InChI=1S/C27H17Cl2N3O3S/c28-18-9-6-17(7-10-18)25-20-11-8-16-3-1-2-4-19(16)24(20)30-27-31(25)26(33)23(36-27)14-15-5-12-21(29)22(13-15)32(34)35/h1-7,9-10,12-14,25H,8,11H2. The maximum Gasteiger partial charge on any atom is 0.288 e. The van der Waals surface area contributed by atoms with Gasteiger partial charge in [-0.15, -0.1) is 0 Å². The molecular formula is C27H17Cl2N3O3S. The Balaban J connectivity index is 1.60. The first-order valence-electron chi connectivity index (χ1n) is 11.2. The molecule has 1 aliphatic carbocycles. The van der Waals surface area contributed by atoms with Crippen LogP contribution in [-0.2, 0) is 6.42 Å². The molecule has 0 saturated carbocycles. The third-order valence-electron chi connectivity index (χ3n) is 6.52. The summed E-state index contributed by atoms with van der Waals surface area (Å²) in [6.07, 6.45) is 3.31. The Labute approximate surface area is 219 Å². The van der Waals surface area contributed by atoms with Gasteiger partial charge in [-0.3, -0.25) is 19.5 Å². The quantitative estimate of drug-likeness (QED) is 0.256. The van der Waals surface area contributed by atoms with Crippen molar-refractivity contribution in [3.8, 4) is 0 Å². The molecule has 36 heavy (non-hydrogen) atoms. The number of rotatable bonds is 3. The lowest BCUT2D eigenvalue weighted by Crippen LogP contribution is -2.38. The van der Waals surface area contributed by atoms with Gasteiger partial charge in [-0.2, -0.15) is 0 Å². The number of allylic oxidation sites excluding steroid dienone is 1. The van der Waals surface area contributed by atoms with Crippen molar-refractivity contribution in [1.82, 2.24) is 4.57 Å². The van der Waals surface area contributed by atoms with Gasteiger partial charge in [0.15, 0.2) is 4.80 Å². The van der Waals surface area contributed by atoms with Gasteiger partial charge in [-0.1, -0.05) is 77.0 Å². The Morgan fingerprint density at radius 2 is 1.83 bits per heavy atom. The molecule has 1 unspecified atom stereocenters.